The average molecular weight is 401 g/mol. The number of nitrogen functional groups attached to an aromatic ring is 1. The van der Waals surface area contributed by atoms with Gasteiger partial charge in [0, 0.05) is 18.7 Å². The van der Waals surface area contributed by atoms with Crippen LogP contribution < -0.4 is 27.8 Å². The number of benzene rings is 1. The van der Waals surface area contributed by atoms with Crippen LogP contribution in [0.3, 0.4) is 0 Å². The Morgan fingerprint density at radius 3 is 2.38 bits per heavy atom. The number of nitrogens with one attached hydrogen (secondary N) is 2. The Kier molecular flexibility index (Phi) is 7.43. The summed E-state index contributed by atoms with van der Waals surface area (Å²) in [5.41, 5.74) is 17.9. The molecule has 0 aliphatic carbocycles. The van der Waals surface area contributed by atoms with E-state index in [0.717, 1.165) is 11.3 Å². The Bertz CT molecular complexity index is 886. The molecule has 0 spiro atoms. The van der Waals surface area contributed by atoms with Crippen LogP contribution in [0.1, 0.15) is 34.6 Å². The van der Waals surface area contributed by atoms with Gasteiger partial charge in [0.05, 0.1) is 18.4 Å². The van der Waals surface area contributed by atoms with Crippen LogP contribution in [-0.4, -0.2) is 38.9 Å². The highest BCUT2D eigenvalue weighted by molar-refractivity contribution is 5.94. The first kappa shape index (κ1) is 21.6. The second kappa shape index (κ2) is 9.99. The molecular formula is C18H23N7O4. The van der Waals surface area contributed by atoms with Gasteiger partial charge in [0.1, 0.15) is 6.04 Å². The number of primary amides is 2. The minimum atomic E-state index is -1.04. The number of amides is 2. The molecule has 0 fully saturated rings. The molecule has 2 aromatic rings. The van der Waals surface area contributed by atoms with Crippen molar-refractivity contribution in [3.8, 4) is 0 Å². The molecule has 1 unspecified atom stereocenters. The van der Waals surface area contributed by atoms with E-state index in [9.17, 15) is 19.5 Å². The van der Waals surface area contributed by atoms with E-state index in [1.807, 2.05) is 24.3 Å². The Hall–Kier alpha value is -3.73. The highest BCUT2D eigenvalue weighted by Crippen LogP contribution is 2.12. The second-order valence-corrected chi connectivity index (χ2v) is 6.29. The predicted octanol–water partition coefficient (Wildman–Crippen LogP) is -0.422. The molecule has 154 valence electrons. The molecule has 0 aliphatic rings. The molecule has 2 rings (SSSR count). The number of carbonyl (C=O) groups excluding carboxylic acids is 2. The summed E-state index contributed by atoms with van der Waals surface area (Å²) in [7, 11) is 0. The van der Waals surface area contributed by atoms with Crippen LogP contribution in [0.5, 0.6) is 0 Å². The lowest BCUT2D eigenvalue weighted by Crippen LogP contribution is -2.37. The third-order valence-corrected chi connectivity index (χ3v) is 4.04. The normalized spacial score (nSPS) is 11.6. The molecule has 11 nitrogen and oxygen atoms in total. The first-order valence-electron chi connectivity index (χ1n) is 8.74. The van der Waals surface area contributed by atoms with Gasteiger partial charge in [-0.1, -0.05) is 12.1 Å². The first-order chi connectivity index (χ1) is 13.8. The lowest BCUT2D eigenvalue weighted by molar-refractivity contribution is -0.139. The molecule has 0 radical (unpaired) electrons. The largest absolute Gasteiger partial charge is 0.480 e. The molecule has 29 heavy (non-hydrogen) atoms. The quantitative estimate of drug-likeness (QED) is 0.289. The van der Waals surface area contributed by atoms with Gasteiger partial charge in [-0.2, -0.15) is 0 Å². The van der Waals surface area contributed by atoms with Crippen molar-refractivity contribution in [2.75, 3.05) is 11.1 Å². The van der Waals surface area contributed by atoms with Gasteiger partial charge in [0.2, 0.25) is 5.91 Å². The summed E-state index contributed by atoms with van der Waals surface area (Å²) < 4.78 is 0. The fraction of sp³-hybridized carbons (Fsp3) is 0.278. The maximum Gasteiger partial charge on any atom is 0.320 e. The molecular weight excluding hydrogens is 378 g/mol. The standard InChI is InChI=1S/C18H23N7O4/c19-14(26)6-5-13(18(28)29)23-7-10-1-3-11(4-2-10)22-8-12-9-24-16(20)15(25-12)17(21)27/h1-4,9,13,22-23H,5-8H2,(H2,19,26)(H2,20,24)(H2,21,27)(H,28,29). The number of hydrogen-bond donors (Lipinski definition) is 6. The van der Waals surface area contributed by atoms with Crippen molar-refractivity contribution < 1.29 is 19.5 Å². The predicted molar refractivity (Wildman–Crippen MR) is 105 cm³/mol. The van der Waals surface area contributed by atoms with Gasteiger partial charge in [0.15, 0.2) is 11.5 Å². The molecule has 0 saturated carbocycles. The lowest BCUT2D eigenvalue weighted by atomic mass is 10.1. The summed E-state index contributed by atoms with van der Waals surface area (Å²) in [5.74, 6) is -2.34. The van der Waals surface area contributed by atoms with Gasteiger partial charge < -0.3 is 32.9 Å². The SMILES string of the molecule is NC(=O)CCC(NCc1ccc(NCc2cnc(N)c(C(N)=O)n2)cc1)C(=O)O. The lowest BCUT2D eigenvalue weighted by Gasteiger charge is -2.14. The number of aliphatic carboxylic acids is 1. The van der Waals surface area contributed by atoms with Crippen LogP contribution in [0.25, 0.3) is 0 Å². The number of carboxylic acids is 1. The highest BCUT2D eigenvalue weighted by atomic mass is 16.4. The van der Waals surface area contributed by atoms with Gasteiger partial charge in [-0.25, -0.2) is 9.97 Å². The van der Waals surface area contributed by atoms with Gasteiger partial charge in [-0.15, -0.1) is 0 Å². The molecule has 0 saturated heterocycles. The number of anilines is 2. The number of rotatable bonds is 11. The fourth-order valence-electron chi connectivity index (χ4n) is 2.48. The molecule has 1 aromatic carbocycles. The highest BCUT2D eigenvalue weighted by Gasteiger charge is 2.17. The van der Waals surface area contributed by atoms with E-state index in [1.54, 1.807) is 0 Å². The number of nitrogens with two attached hydrogens (primary N) is 3. The van der Waals surface area contributed by atoms with Crippen LogP contribution in [0.2, 0.25) is 0 Å². The van der Waals surface area contributed by atoms with Crippen LogP contribution in [-0.2, 0) is 22.7 Å². The zero-order valence-electron chi connectivity index (χ0n) is 15.6. The Morgan fingerprint density at radius 2 is 1.79 bits per heavy atom. The molecule has 9 N–H and O–H groups in total. The molecule has 1 heterocycles. The summed E-state index contributed by atoms with van der Waals surface area (Å²) in [4.78, 5) is 41.3. The van der Waals surface area contributed by atoms with Crippen molar-refractivity contribution in [3.05, 3.63) is 47.4 Å². The van der Waals surface area contributed by atoms with Crippen molar-refractivity contribution in [1.29, 1.82) is 0 Å². The minimum Gasteiger partial charge on any atom is -0.480 e. The van der Waals surface area contributed by atoms with Crippen LogP contribution >= 0.6 is 0 Å². The van der Waals surface area contributed by atoms with E-state index < -0.39 is 23.8 Å². The summed E-state index contributed by atoms with van der Waals surface area (Å²) in [6.45, 7) is 0.626. The number of nitrogens with zero attached hydrogens (tertiary/aromatic N) is 2. The second-order valence-electron chi connectivity index (χ2n) is 6.29. The van der Waals surface area contributed by atoms with Crippen molar-refractivity contribution >= 4 is 29.3 Å². The van der Waals surface area contributed by atoms with Crippen molar-refractivity contribution in [2.45, 2.75) is 32.0 Å². The van der Waals surface area contributed by atoms with E-state index in [4.69, 9.17) is 17.2 Å². The number of aromatic nitrogens is 2. The maximum atomic E-state index is 11.3. The van der Waals surface area contributed by atoms with E-state index in [-0.39, 0.29) is 24.4 Å². The Labute approximate surface area is 166 Å². The smallest absolute Gasteiger partial charge is 0.320 e. The zero-order valence-corrected chi connectivity index (χ0v) is 15.6. The van der Waals surface area contributed by atoms with E-state index in [0.29, 0.717) is 18.8 Å². The summed E-state index contributed by atoms with van der Waals surface area (Å²) in [5, 5.41) is 15.2. The molecule has 11 heteroatoms. The number of carboxylic acid groups (broad SMARTS) is 1. The van der Waals surface area contributed by atoms with E-state index in [2.05, 4.69) is 20.6 Å². The molecule has 0 bridgehead atoms. The third kappa shape index (κ3) is 6.74. The molecule has 1 aromatic heterocycles. The van der Waals surface area contributed by atoms with Crippen LogP contribution in [0, 0.1) is 0 Å². The van der Waals surface area contributed by atoms with Crippen molar-refractivity contribution in [2.24, 2.45) is 11.5 Å². The summed E-state index contributed by atoms with van der Waals surface area (Å²) in [6.07, 6.45) is 1.57. The molecule has 2 amide bonds. The zero-order chi connectivity index (χ0) is 21.4. The van der Waals surface area contributed by atoms with Gasteiger partial charge >= 0.3 is 5.97 Å². The van der Waals surface area contributed by atoms with Gasteiger partial charge in [-0.3, -0.25) is 14.4 Å². The number of carbonyl (C=O) groups is 3. The minimum absolute atomic E-state index is 0.00167. The topological polar surface area (TPSA) is 199 Å². The van der Waals surface area contributed by atoms with Gasteiger partial charge in [0.25, 0.3) is 5.91 Å². The fourth-order valence-corrected chi connectivity index (χ4v) is 2.48. The van der Waals surface area contributed by atoms with Crippen LogP contribution in [0.4, 0.5) is 11.5 Å². The third-order valence-electron chi connectivity index (χ3n) is 4.04. The molecule has 1 atom stereocenters. The van der Waals surface area contributed by atoms with E-state index >= 15 is 0 Å². The maximum absolute atomic E-state index is 11.3. The van der Waals surface area contributed by atoms with E-state index in [1.165, 1.54) is 6.20 Å². The molecule has 0 aliphatic heterocycles. The Morgan fingerprint density at radius 1 is 1.10 bits per heavy atom. The van der Waals surface area contributed by atoms with Crippen molar-refractivity contribution in [1.82, 2.24) is 15.3 Å². The van der Waals surface area contributed by atoms with Crippen LogP contribution in [0.15, 0.2) is 30.5 Å². The monoisotopic (exact) mass is 401 g/mol. The van der Waals surface area contributed by atoms with Crippen molar-refractivity contribution in [3.63, 3.8) is 0 Å². The Balaban J connectivity index is 1.90. The van der Waals surface area contributed by atoms with Gasteiger partial charge in [-0.05, 0) is 24.1 Å². The number of hydrogen-bond acceptors (Lipinski definition) is 8. The summed E-state index contributed by atoms with van der Waals surface area (Å²) in [6, 6.07) is 6.42. The first-order valence-corrected chi connectivity index (χ1v) is 8.74. The summed E-state index contributed by atoms with van der Waals surface area (Å²) >= 11 is 0. The average Bonchev–Trinajstić information content (AvgIpc) is 2.67.